The molecule has 0 saturated carbocycles. The summed E-state index contributed by atoms with van der Waals surface area (Å²) < 4.78 is 24.6. The first-order valence-electron chi connectivity index (χ1n) is 7.25. The van der Waals surface area contributed by atoms with Crippen molar-refractivity contribution in [2.45, 2.75) is 18.2 Å². The number of piperazine rings is 1. The smallest absolute Gasteiger partial charge is 0.255 e. The highest BCUT2D eigenvalue weighted by molar-refractivity contribution is 7.91. The molecule has 0 aromatic heterocycles. The number of nitrogens with zero attached hydrogens (tertiary/aromatic N) is 2. The zero-order valence-electron chi connectivity index (χ0n) is 12.6. The van der Waals surface area contributed by atoms with Crippen molar-refractivity contribution >= 4 is 15.7 Å². The van der Waals surface area contributed by atoms with Crippen LogP contribution in [0, 0.1) is 0 Å². The van der Waals surface area contributed by atoms with Crippen molar-refractivity contribution in [3.05, 3.63) is 29.8 Å². The number of carbonyl (C=O) groups is 1. The molecule has 21 heavy (non-hydrogen) atoms. The molecule has 1 fully saturated rings. The second kappa shape index (κ2) is 6.58. The van der Waals surface area contributed by atoms with Crippen LogP contribution >= 0.6 is 0 Å². The van der Waals surface area contributed by atoms with Gasteiger partial charge in [0.15, 0.2) is 9.84 Å². The Morgan fingerprint density at radius 3 is 2.38 bits per heavy atom. The SMILES string of the molecule is CCCS(=O)(=O)c1ccccc1C(=O)N1CCN(C)CC1. The lowest BCUT2D eigenvalue weighted by atomic mass is 10.2. The van der Waals surface area contributed by atoms with E-state index in [2.05, 4.69) is 4.90 Å². The maximum Gasteiger partial charge on any atom is 0.255 e. The summed E-state index contributed by atoms with van der Waals surface area (Å²) in [4.78, 5) is 16.7. The van der Waals surface area contributed by atoms with Crippen molar-refractivity contribution in [1.29, 1.82) is 0 Å². The third kappa shape index (κ3) is 3.63. The topological polar surface area (TPSA) is 57.7 Å². The van der Waals surface area contributed by atoms with Crippen LogP contribution in [0.25, 0.3) is 0 Å². The fourth-order valence-electron chi connectivity index (χ4n) is 2.47. The lowest BCUT2D eigenvalue weighted by molar-refractivity contribution is 0.0660. The molecular weight excluding hydrogens is 288 g/mol. The summed E-state index contributed by atoms with van der Waals surface area (Å²) in [5.41, 5.74) is 0.301. The van der Waals surface area contributed by atoms with Crippen LogP contribution in [0.2, 0.25) is 0 Å². The number of sulfone groups is 1. The van der Waals surface area contributed by atoms with Gasteiger partial charge in [-0.15, -0.1) is 0 Å². The maximum absolute atomic E-state index is 12.6. The molecule has 1 aromatic rings. The van der Waals surface area contributed by atoms with Crippen LogP contribution in [0.4, 0.5) is 0 Å². The number of carbonyl (C=O) groups excluding carboxylic acids is 1. The molecule has 0 N–H and O–H groups in total. The standard InChI is InChI=1S/C15H22N2O3S/c1-3-12-21(19,20)14-7-5-4-6-13(14)15(18)17-10-8-16(2)9-11-17/h4-7H,3,8-12H2,1-2H3. The first-order chi connectivity index (χ1) is 9.95. The molecule has 1 aliphatic heterocycles. The number of hydrogen-bond donors (Lipinski definition) is 0. The number of amides is 1. The molecule has 1 heterocycles. The highest BCUT2D eigenvalue weighted by Crippen LogP contribution is 2.20. The molecular formula is C15H22N2O3S. The zero-order chi connectivity index (χ0) is 15.5. The number of rotatable bonds is 4. The summed E-state index contributed by atoms with van der Waals surface area (Å²) >= 11 is 0. The van der Waals surface area contributed by atoms with E-state index in [0.29, 0.717) is 25.1 Å². The summed E-state index contributed by atoms with van der Waals surface area (Å²) in [6.07, 6.45) is 0.541. The Kier molecular flexibility index (Phi) is 5.00. The van der Waals surface area contributed by atoms with Gasteiger partial charge >= 0.3 is 0 Å². The van der Waals surface area contributed by atoms with Crippen LogP contribution in [0.1, 0.15) is 23.7 Å². The molecule has 6 heteroatoms. The molecule has 1 amide bonds. The van der Waals surface area contributed by atoms with Gasteiger partial charge in [0.25, 0.3) is 5.91 Å². The van der Waals surface area contributed by atoms with Crippen LogP contribution < -0.4 is 0 Å². The van der Waals surface area contributed by atoms with E-state index in [9.17, 15) is 13.2 Å². The van der Waals surface area contributed by atoms with Gasteiger partial charge in [-0.3, -0.25) is 4.79 Å². The molecule has 0 spiro atoms. The molecule has 1 saturated heterocycles. The third-order valence-electron chi connectivity index (χ3n) is 3.72. The molecule has 0 aliphatic carbocycles. The Bertz CT molecular complexity index is 605. The average Bonchev–Trinajstić information content (AvgIpc) is 2.47. The van der Waals surface area contributed by atoms with E-state index in [1.807, 2.05) is 14.0 Å². The number of hydrogen-bond acceptors (Lipinski definition) is 4. The average molecular weight is 310 g/mol. The van der Waals surface area contributed by atoms with E-state index in [0.717, 1.165) is 13.1 Å². The maximum atomic E-state index is 12.6. The van der Waals surface area contributed by atoms with Gasteiger partial charge in [0.05, 0.1) is 16.2 Å². The number of likely N-dealkylation sites (N-methyl/N-ethyl adjacent to an activating group) is 1. The summed E-state index contributed by atoms with van der Waals surface area (Å²) in [6.45, 7) is 4.72. The Morgan fingerprint density at radius 1 is 1.14 bits per heavy atom. The molecule has 0 atom stereocenters. The van der Waals surface area contributed by atoms with E-state index >= 15 is 0 Å². The summed E-state index contributed by atoms with van der Waals surface area (Å²) in [7, 11) is -1.38. The van der Waals surface area contributed by atoms with E-state index in [1.165, 1.54) is 6.07 Å². The molecule has 0 radical (unpaired) electrons. The van der Waals surface area contributed by atoms with E-state index in [4.69, 9.17) is 0 Å². The minimum Gasteiger partial charge on any atom is -0.336 e. The fourth-order valence-corrected chi connectivity index (χ4v) is 4.01. The lowest BCUT2D eigenvalue weighted by Crippen LogP contribution is -2.47. The van der Waals surface area contributed by atoms with Crippen molar-refractivity contribution in [2.75, 3.05) is 39.0 Å². The fraction of sp³-hybridized carbons (Fsp3) is 0.533. The summed E-state index contributed by atoms with van der Waals surface area (Å²) in [5, 5.41) is 0. The van der Waals surface area contributed by atoms with Gasteiger partial charge in [0, 0.05) is 26.2 Å². The predicted molar refractivity (Wildman–Crippen MR) is 82.2 cm³/mol. The van der Waals surface area contributed by atoms with Crippen molar-refractivity contribution in [3.8, 4) is 0 Å². The monoisotopic (exact) mass is 310 g/mol. The quantitative estimate of drug-likeness (QED) is 0.840. The van der Waals surface area contributed by atoms with Crippen molar-refractivity contribution in [2.24, 2.45) is 0 Å². The van der Waals surface area contributed by atoms with Crippen LogP contribution in [-0.4, -0.2) is 63.1 Å². The van der Waals surface area contributed by atoms with Gasteiger partial charge in [0.1, 0.15) is 0 Å². The summed E-state index contributed by atoms with van der Waals surface area (Å²) in [5.74, 6) is -0.113. The molecule has 2 rings (SSSR count). The van der Waals surface area contributed by atoms with Gasteiger partial charge in [0.2, 0.25) is 0 Å². The van der Waals surface area contributed by atoms with E-state index in [-0.39, 0.29) is 16.6 Å². The zero-order valence-corrected chi connectivity index (χ0v) is 13.4. The Morgan fingerprint density at radius 2 is 1.76 bits per heavy atom. The first kappa shape index (κ1) is 16.0. The van der Waals surface area contributed by atoms with Crippen LogP contribution in [0.5, 0.6) is 0 Å². The highest BCUT2D eigenvalue weighted by Gasteiger charge is 2.26. The third-order valence-corrected chi connectivity index (χ3v) is 5.69. The molecule has 0 bridgehead atoms. The molecule has 5 nitrogen and oxygen atoms in total. The second-order valence-corrected chi connectivity index (χ2v) is 7.49. The lowest BCUT2D eigenvalue weighted by Gasteiger charge is -2.32. The van der Waals surface area contributed by atoms with Gasteiger partial charge < -0.3 is 9.80 Å². The number of benzene rings is 1. The Balaban J connectivity index is 2.30. The van der Waals surface area contributed by atoms with E-state index in [1.54, 1.807) is 23.1 Å². The van der Waals surface area contributed by atoms with Gasteiger partial charge in [-0.25, -0.2) is 8.42 Å². The minimum atomic E-state index is -3.39. The second-order valence-electron chi connectivity index (χ2n) is 5.41. The van der Waals surface area contributed by atoms with Gasteiger partial charge in [-0.05, 0) is 25.6 Å². The molecule has 1 aromatic carbocycles. The van der Waals surface area contributed by atoms with Crippen LogP contribution in [0.3, 0.4) is 0 Å². The minimum absolute atomic E-state index is 0.0695. The normalized spacial score (nSPS) is 17.0. The highest BCUT2D eigenvalue weighted by atomic mass is 32.2. The largest absolute Gasteiger partial charge is 0.336 e. The molecule has 1 aliphatic rings. The van der Waals surface area contributed by atoms with Crippen molar-refractivity contribution in [3.63, 3.8) is 0 Å². The van der Waals surface area contributed by atoms with Crippen molar-refractivity contribution < 1.29 is 13.2 Å². The predicted octanol–water partition coefficient (Wildman–Crippen LogP) is 1.26. The molecule has 0 unspecified atom stereocenters. The van der Waals surface area contributed by atoms with Gasteiger partial charge in [-0.2, -0.15) is 0 Å². The van der Waals surface area contributed by atoms with E-state index < -0.39 is 9.84 Å². The Labute approximate surface area is 126 Å². The summed E-state index contributed by atoms with van der Waals surface area (Å²) in [6, 6.07) is 6.54. The molecule has 116 valence electrons. The van der Waals surface area contributed by atoms with Crippen molar-refractivity contribution in [1.82, 2.24) is 9.80 Å². The first-order valence-corrected chi connectivity index (χ1v) is 8.90. The van der Waals surface area contributed by atoms with Crippen LogP contribution in [0.15, 0.2) is 29.2 Å². The van der Waals surface area contributed by atoms with Crippen LogP contribution in [-0.2, 0) is 9.84 Å². The van der Waals surface area contributed by atoms with Gasteiger partial charge in [-0.1, -0.05) is 19.1 Å². The Hall–Kier alpha value is -1.40.